The molecule has 2 heterocycles. The van der Waals surface area contributed by atoms with Crippen molar-refractivity contribution < 1.29 is 14.3 Å². The van der Waals surface area contributed by atoms with Gasteiger partial charge in [0.1, 0.15) is 13.2 Å². The van der Waals surface area contributed by atoms with Crippen LogP contribution in [0.25, 0.3) is 0 Å². The first-order valence-electron chi connectivity index (χ1n) is 11.4. The zero-order valence-electron chi connectivity index (χ0n) is 17.9. The molecule has 3 aliphatic rings. The lowest BCUT2D eigenvalue weighted by atomic mass is 9.83. The van der Waals surface area contributed by atoms with Gasteiger partial charge in [0.2, 0.25) is 0 Å². The predicted molar refractivity (Wildman–Crippen MR) is 120 cm³/mol. The minimum atomic E-state index is -0.184. The molecule has 1 unspecified atom stereocenters. The highest BCUT2D eigenvalue weighted by atomic mass is 35.5. The molecule has 0 bridgehead atoms. The third-order valence-corrected chi connectivity index (χ3v) is 7.47. The predicted octanol–water partition coefficient (Wildman–Crippen LogP) is 4.10. The first-order chi connectivity index (χ1) is 14.5. The Hall–Kier alpha value is -1.66. The van der Waals surface area contributed by atoms with Crippen LogP contribution in [0.15, 0.2) is 6.07 Å². The Morgan fingerprint density at radius 1 is 1.17 bits per heavy atom. The van der Waals surface area contributed by atoms with Crippen molar-refractivity contribution in [3.8, 4) is 11.5 Å². The molecule has 30 heavy (non-hydrogen) atoms. The fourth-order valence-corrected chi connectivity index (χ4v) is 5.37. The summed E-state index contributed by atoms with van der Waals surface area (Å²) in [7, 11) is 0. The number of benzene rings is 1. The summed E-state index contributed by atoms with van der Waals surface area (Å²) in [5.74, 6) is 1.96. The van der Waals surface area contributed by atoms with E-state index in [0.717, 1.165) is 31.8 Å². The molecule has 1 aromatic rings. The van der Waals surface area contributed by atoms with E-state index in [1.54, 1.807) is 6.07 Å². The Labute approximate surface area is 184 Å². The highest BCUT2D eigenvalue weighted by Gasteiger charge is 2.29. The van der Waals surface area contributed by atoms with Gasteiger partial charge in [0.15, 0.2) is 11.5 Å². The molecule has 1 atom stereocenters. The van der Waals surface area contributed by atoms with Gasteiger partial charge in [0.05, 0.1) is 16.3 Å². The number of fused-ring (bicyclic) bond motifs is 1. The third-order valence-electron chi connectivity index (χ3n) is 7.15. The SMILES string of the molecule is CC(C1CCCCC1)N1CCC(CNC(=O)c2cc(Cl)c(N)c3c2OCCO3)CC1. The molecule has 7 heteroatoms. The van der Waals surface area contributed by atoms with Crippen LogP contribution in [0.4, 0.5) is 5.69 Å². The Morgan fingerprint density at radius 2 is 1.83 bits per heavy atom. The van der Waals surface area contributed by atoms with Gasteiger partial charge in [-0.15, -0.1) is 0 Å². The van der Waals surface area contributed by atoms with Gasteiger partial charge in [-0.3, -0.25) is 4.79 Å². The van der Waals surface area contributed by atoms with Gasteiger partial charge in [0.25, 0.3) is 5.91 Å². The van der Waals surface area contributed by atoms with E-state index in [2.05, 4.69) is 17.1 Å². The Bertz CT molecular complexity index is 759. The summed E-state index contributed by atoms with van der Waals surface area (Å²) in [6.07, 6.45) is 9.21. The quantitative estimate of drug-likeness (QED) is 0.681. The maximum absolute atomic E-state index is 12.8. The molecule has 0 spiro atoms. The summed E-state index contributed by atoms with van der Waals surface area (Å²) in [6.45, 7) is 6.12. The van der Waals surface area contributed by atoms with Gasteiger partial charge in [-0.2, -0.15) is 0 Å². The molecular weight excluding hydrogens is 402 g/mol. The maximum Gasteiger partial charge on any atom is 0.255 e. The minimum Gasteiger partial charge on any atom is -0.485 e. The van der Waals surface area contributed by atoms with Crippen molar-refractivity contribution in [2.45, 2.75) is 57.9 Å². The van der Waals surface area contributed by atoms with Crippen LogP contribution in [-0.4, -0.2) is 49.7 Å². The van der Waals surface area contributed by atoms with Crippen molar-refractivity contribution in [2.24, 2.45) is 11.8 Å². The summed E-state index contributed by atoms with van der Waals surface area (Å²) in [6, 6.07) is 2.26. The largest absolute Gasteiger partial charge is 0.485 e. The van der Waals surface area contributed by atoms with Gasteiger partial charge >= 0.3 is 0 Å². The molecule has 1 saturated carbocycles. The number of carbonyl (C=O) groups excluding carboxylic acids is 1. The topological polar surface area (TPSA) is 76.8 Å². The minimum absolute atomic E-state index is 0.184. The summed E-state index contributed by atoms with van der Waals surface area (Å²) in [5, 5.41) is 3.39. The Balaban J connectivity index is 1.30. The summed E-state index contributed by atoms with van der Waals surface area (Å²) in [4.78, 5) is 15.5. The van der Waals surface area contributed by atoms with Gasteiger partial charge < -0.3 is 25.4 Å². The van der Waals surface area contributed by atoms with Crippen molar-refractivity contribution in [3.05, 3.63) is 16.7 Å². The van der Waals surface area contributed by atoms with E-state index in [4.69, 9.17) is 26.8 Å². The van der Waals surface area contributed by atoms with Crippen molar-refractivity contribution in [1.29, 1.82) is 0 Å². The second-order valence-corrected chi connectivity index (χ2v) is 9.41. The van der Waals surface area contributed by atoms with E-state index < -0.39 is 0 Å². The highest BCUT2D eigenvalue weighted by Crippen LogP contribution is 2.43. The first kappa shape index (κ1) is 21.6. The van der Waals surface area contributed by atoms with E-state index >= 15 is 0 Å². The van der Waals surface area contributed by atoms with Crippen molar-refractivity contribution in [3.63, 3.8) is 0 Å². The molecule has 1 aliphatic carbocycles. The van der Waals surface area contributed by atoms with Gasteiger partial charge in [-0.05, 0) is 63.6 Å². The second kappa shape index (κ2) is 9.65. The lowest BCUT2D eigenvalue weighted by Crippen LogP contribution is -2.45. The summed E-state index contributed by atoms with van der Waals surface area (Å²) >= 11 is 6.21. The average Bonchev–Trinajstić information content (AvgIpc) is 2.80. The molecule has 3 N–H and O–H groups in total. The lowest BCUT2D eigenvalue weighted by Gasteiger charge is -2.40. The summed E-state index contributed by atoms with van der Waals surface area (Å²) in [5.41, 5.74) is 6.70. The van der Waals surface area contributed by atoms with Crippen molar-refractivity contribution >= 4 is 23.2 Å². The van der Waals surface area contributed by atoms with Crippen LogP contribution < -0.4 is 20.5 Å². The number of hydrogen-bond acceptors (Lipinski definition) is 5. The van der Waals surface area contributed by atoms with Crippen LogP contribution in [0.2, 0.25) is 5.02 Å². The molecule has 0 radical (unpaired) electrons. The van der Waals surface area contributed by atoms with Crippen molar-refractivity contribution in [2.75, 3.05) is 38.6 Å². The number of hydrogen-bond donors (Lipinski definition) is 2. The molecule has 1 aromatic carbocycles. The summed E-state index contributed by atoms with van der Waals surface area (Å²) < 4.78 is 11.3. The van der Waals surface area contributed by atoms with Gasteiger partial charge in [0, 0.05) is 12.6 Å². The highest BCUT2D eigenvalue weighted by molar-refractivity contribution is 6.34. The lowest BCUT2D eigenvalue weighted by molar-refractivity contribution is 0.0833. The van der Waals surface area contributed by atoms with Crippen LogP contribution >= 0.6 is 11.6 Å². The molecule has 2 aliphatic heterocycles. The number of nitrogens with zero attached hydrogens (tertiary/aromatic N) is 1. The maximum atomic E-state index is 12.8. The number of carbonyl (C=O) groups is 1. The smallest absolute Gasteiger partial charge is 0.255 e. The Morgan fingerprint density at radius 3 is 2.53 bits per heavy atom. The van der Waals surface area contributed by atoms with E-state index in [-0.39, 0.29) is 5.91 Å². The van der Waals surface area contributed by atoms with Crippen LogP contribution in [0.3, 0.4) is 0 Å². The number of anilines is 1. The van der Waals surface area contributed by atoms with E-state index in [0.29, 0.717) is 59.5 Å². The van der Waals surface area contributed by atoms with Crippen LogP contribution in [0, 0.1) is 11.8 Å². The number of rotatable bonds is 5. The number of amides is 1. The van der Waals surface area contributed by atoms with Gasteiger partial charge in [-0.1, -0.05) is 30.9 Å². The molecule has 0 aromatic heterocycles. The zero-order chi connectivity index (χ0) is 21.1. The number of likely N-dealkylation sites (tertiary alicyclic amines) is 1. The number of nitrogen functional groups attached to an aromatic ring is 1. The number of ether oxygens (including phenoxy) is 2. The average molecular weight is 436 g/mol. The molecule has 1 amide bonds. The molecule has 1 saturated heterocycles. The van der Waals surface area contributed by atoms with E-state index in [9.17, 15) is 4.79 Å². The fourth-order valence-electron chi connectivity index (χ4n) is 5.18. The molecule has 6 nitrogen and oxygen atoms in total. The molecular formula is C23H34ClN3O3. The number of piperidine rings is 1. The standard InChI is InChI=1S/C23H34ClN3O3/c1-15(17-5-3-2-4-6-17)27-9-7-16(8-10-27)14-26-23(28)18-13-19(24)20(25)22-21(18)29-11-12-30-22/h13,15-17H,2-12,14,25H2,1H3,(H,26,28). The normalized spacial score (nSPS) is 21.9. The third kappa shape index (κ3) is 4.65. The first-order valence-corrected chi connectivity index (χ1v) is 11.8. The monoisotopic (exact) mass is 435 g/mol. The van der Waals surface area contributed by atoms with Crippen molar-refractivity contribution in [1.82, 2.24) is 10.2 Å². The van der Waals surface area contributed by atoms with E-state index in [1.807, 2.05) is 0 Å². The fraction of sp³-hybridized carbons (Fsp3) is 0.696. The van der Waals surface area contributed by atoms with Crippen LogP contribution in [-0.2, 0) is 0 Å². The Kier molecular flexibility index (Phi) is 6.94. The second-order valence-electron chi connectivity index (χ2n) is 9.00. The van der Waals surface area contributed by atoms with E-state index in [1.165, 1.54) is 32.1 Å². The van der Waals surface area contributed by atoms with Crippen LogP contribution in [0.5, 0.6) is 11.5 Å². The molecule has 2 fully saturated rings. The zero-order valence-corrected chi connectivity index (χ0v) is 18.7. The number of halogens is 1. The number of nitrogens with two attached hydrogens (primary N) is 1. The van der Waals surface area contributed by atoms with Crippen LogP contribution in [0.1, 0.15) is 62.2 Å². The number of nitrogens with one attached hydrogen (secondary N) is 1. The molecule has 4 rings (SSSR count). The van der Waals surface area contributed by atoms with Gasteiger partial charge in [-0.25, -0.2) is 0 Å². The molecule has 166 valence electrons.